The summed E-state index contributed by atoms with van der Waals surface area (Å²) >= 11 is 7.68. The summed E-state index contributed by atoms with van der Waals surface area (Å²) in [6, 6.07) is 0. The molecule has 1 aliphatic rings. The van der Waals surface area contributed by atoms with Gasteiger partial charge in [-0.3, -0.25) is 9.48 Å². The number of carbonyl (C=O) groups is 1. The van der Waals surface area contributed by atoms with E-state index in [9.17, 15) is 9.90 Å². The third-order valence-corrected chi connectivity index (χ3v) is 5.27. The lowest BCUT2D eigenvalue weighted by Crippen LogP contribution is -2.35. The molecule has 1 atom stereocenters. The minimum absolute atomic E-state index is 0.464. The molecule has 2 heterocycles. The molecule has 4 nitrogen and oxygen atoms in total. The van der Waals surface area contributed by atoms with Gasteiger partial charge in [-0.1, -0.05) is 11.6 Å². The molecule has 0 radical (unpaired) electrons. The number of thioether (sulfide) groups is 1. The maximum atomic E-state index is 11.5. The van der Waals surface area contributed by atoms with Crippen LogP contribution in [0.25, 0.3) is 0 Å². The average Bonchev–Trinajstić information content (AvgIpc) is 2.81. The van der Waals surface area contributed by atoms with Crippen LogP contribution in [0.2, 0.25) is 5.15 Å². The highest BCUT2D eigenvalue weighted by molar-refractivity contribution is 8.01. The lowest BCUT2D eigenvalue weighted by atomic mass is 9.95. The fraction of sp³-hybridized carbons (Fsp3) is 0.636. The van der Waals surface area contributed by atoms with Gasteiger partial charge in [-0.2, -0.15) is 5.10 Å². The smallest absolute Gasteiger partial charge is 0.320 e. The molecule has 0 amide bonds. The van der Waals surface area contributed by atoms with Gasteiger partial charge in [0.2, 0.25) is 0 Å². The van der Waals surface area contributed by atoms with Crippen LogP contribution in [0.5, 0.6) is 0 Å². The van der Waals surface area contributed by atoms with E-state index in [-0.39, 0.29) is 0 Å². The molecule has 1 saturated heterocycles. The van der Waals surface area contributed by atoms with Crippen LogP contribution in [0, 0.1) is 6.92 Å². The third kappa shape index (κ3) is 2.18. The summed E-state index contributed by atoms with van der Waals surface area (Å²) in [7, 11) is 1.77. The summed E-state index contributed by atoms with van der Waals surface area (Å²) in [6.07, 6.45) is 2.12. The molecule has 1 aromatic rings. The van der Waals surface area contributed by atoms with Gasteiger partial charge in [0.25, 0.3) is 0 Å². The van der Waals surface area contributed by atoms with Crippen LogP contribution < -0.4 is 0 Å². The molecule has 1 fully saturated rings. The van der Waals surface area contributed by atoms with Crippen molar-refractivity contribution in [3.63, 3.8) is 0 Å². The Morgan fingerprint density at radius 2 is 2.41 bits per heavy atom. The number of carboxylic acids is 1. The van der Waals surface area contributed by atoms with Crippen molar-refractivity contribution in [3.8, 4) is 0 Å². The lowest BCUT2D eigenvalue weighted by Gasteiger charge is -2.22. The topological polar surface area (TPSA) is 55.1 Å². The molecule has 1 aliphatic heterocycles. The predicted molar refractivity (Wildman–Crippen MR) is 68.7 cm³/mol. The highest BCUT2D eigenvalue weighted by atomic mass is 35.5. The summed E-state index contributed by atoms with van der Waals surface area (Å²) in [6.45, 7) is 1.87. The number of aliphatic carboxylic acids is 1. The first-order valence-corrected chi connectivity index (χ1v) is 6.88. The second-order valence-electron chi connectivity index (χ2n) is 4.41. The average molecular weight is 275 g/mol. The van der Waals surface area contributed by atoms with E-state index >= 15 is 0 Å². The van der Waals surface area contributed by atoms with Gasteiger partial charge in [-0.25, -0.2) is 0 Å². The van der Waals surface area contributed by atoms with Crippen molar-refractivity contribution in [1.29, 1.82) is 0 Å². The second-order valence-corrected chi connectivity index (χ2v) is 6.24. The molecular weight excluding hydrogens is 260 g/mol. The van der Waals surface area contributed by atoms with E-state index < -0.39 is 10.7 Å². The van der Waals surface area contributed by atoms with Crippen molar-refractivity contribution in [3.05, 3.63) is 16.4 Å². The van der Waals surface area contributed by atoms with E-state index in [1.165, 1.54) is 11.8 Å². The Kier molecular flexibility index (Phi) is 3.41. The fourth-order valence-electron chi connectivity index (χ4n) is 2.24. The van der Waals surface area contributed by atoms with E-state index in [2.05, 4.69) is 5.10 Å². The molecule has 0 aliphatic carbocycles. The van der Waals surface area contributed by atoms with Gasteiger partial charge in [-0.15, -0.1) is 11.8 Å². The van der Waals surface area contributed by atoms with Gasteiger partial charge in [0.05, 0.1) is 5.69 Å². The Hall–Kier alpha value is -0.680. The summed E-state index contributed by atoms with van der Waals surface area (Å²) in [4.78, 5) is 11.5. The Balaban J connectivity index is 2.33. The molecule has 0 spiro atoms. The van der Waals surface area contributed by atoms with Gasteiger partial charge < -0.3 is 5.11 Å². The van der Waals surface area contributed by atoms with Crippen LogP contribution in [0.1, 0.15) is 24.1 Å². The first kappa shape index (κ1) is 12.8. The van der Waals surface area contributed by atoms with Crippen LogP contribution in [0.4, 0.5) is 0 Å². The van der Waals surface area contributed by atoms with E-state index in [1.54, 1.807) is 11.7 Å². The minimum Gasteiger partial charge on any atom is -0.480 e. The minimum atomic E-state index is -0.737. The summed E-state index contributed by atoms with van der Waals surface area (Å²) < 4.78 is 0.888. The predicted octanol–water partition coefficient (Wildman–Crippen LogP) is 2.27. The molecule has 1 N–H and O–H groups in total. The van der Waals surface area contributed by atoms with Gasteiger partial charge in [-0.05, 0) is 25.5 Å². The number of halogens is 1. The number of hydrogen-bond acceptors (Lipinski definition) is 3. The zero-order valence-corrected chi connectivity index (χ0v) is 11.4. The van der Waals surface area contributed by atoms with Crippen LogP contribution in [0.15, 0.2) is 0 Å². The Morgan fingerprint density at radius 3 is 2.82 bits per heavy atom. The molecule has 17 heavy (non-hydrogen) atoms. The third-order valence-electron chi connectivity index (χ3n) is 3.23. The summed E-state index contributed by atoms with van der Waals surface area (Å²) in [5.41, 5.74) is 1.69. The van der Waals surface area contributed by atoms with Crippen LogP contribution >= 0.6 is 23.4 Å². The van der Waals surface area contributed by atoms with E-state index in [4.69, 9.17) is 11.6 Å². The van der Waals surface area contributed by atoms with E-state index in [0.29, 0.717) is 18.0 Å². The summed E-state index contributed by atoms with van der Waals surface area (Å²) in [5, 5.41) is 14.2. The largest absolute Gasteiger partial charge is 0.480 e. The molecule has 0 saturated carbocycles. The quantitative estimate of drug-likeness (QED) is 0.919. The highest BCUT2D eigenvalue weighted by Crippen LogP contribution is 2.42. The van der Waals surface area contributed by atoms with Crippen molar-refractivity contribution in [2.24, 2.45) is 7.05 Å². The van der Waals surface area contributed by atoms with Gasteiger partial charge in [0, 0.05) is 19.0 Å². The molecule has 0 bridgehead atoms. The van der Waals surface area contributed by atoms with Crippen molar-refractivity contribution in [1.82, 2.24) is 9.78 Å². The van der Waals surface area contributed by atoms with Gasteiger partial charge in [0.15, 0.2) is 0 Å². The van der Waals surface area contributed by atoms with Crippen molar-refractivity contribution >= 4 is 29.3 Å². The van der Waals surface area contributed by atoms with Crippen LogP contribution in [0.3, 0.4) is 0 Å². The molecule has 1 aromatic heterocycles. The Morgan fingerprint density at radius 1 is 1.71 bits per heavy atom. The Bertz CT molecular complexity index is 453. The lowest BCUT2D eigenvalue weighted by molar-refractivity contribution is -0.139. The molecular formula is C11H15ClN2O2S. The SMILES string of the molecule is Cc1nn(C)c(Cl)c1CC1(C(=O)O)CCCS1. The maximum absolute atomic E-state index is 11.5. The Labute approximate surface area is 109 Å². The number of nitrogens with zero attached hydrogens (tertiary/aromatic N) is 2. The maximum Gasteiger partial charge on any atom is 0.320 e. The van der Waals surface area contributed by atoms with Gasteiger partial charge in [0.1, 0.15) is 9.90 Å². The first-order chi connectivity index (χ1) is 7.96. The molecule has 2 rings (SSSR count). The van der Waals surface area contributed by atoms with E-state index in [0.717, 1.165) is 23.4 Å². The first-order valence-electron chi connectivity index (χ1n) is 5.51. The summed E-state index contributed by atoms with van der Waals surface area (Å²) in [5.74, 6) is 0.169. The number of hydrogen-bond donors (Lipinski definition) is 1. The monoisotopic (exact) mass is 274 g/mol. The molecule has 0 aromatic carbocycles. The van der Waals surface area contributed by atoms with Crippen LogP contribution in [-0.4, -0.2) is 31.4 Å². The fourth-order valence-corrected chi connectivity index (χ4v) is 3.82. The highest BCUT2D eigenvalue weighted by Gasteiger charge is 2.43. The number of carboxylic acid groups (broad SMARTS) is 1. The number of aryl methyl sites for hydroxylation is 2. The van der Waals surface area contributed by atoms with Crippen LogP contribution in [-0.2, 0) is 18.3 Å². The van der Waals surface area contributed by atoms with Gasteiger partial charge >= 0.3 is 5.97 Å². The number of aromatic nitrogens is 2. The zero-order chi connectivity index (χ0) is 12.6. The molecule has 1 unspecified atom stereocenters. The second kappa shape index (κ2) is 4.53. The number of rotatable bonds is 3. The standard InChI is InChI=1S/C11H15ClN2O2S/c1-7-8(9(12)14(2)13-7)6-11(10(15)16)4-3-5-17-11/h3-6H2,1-2H3,(H,15,16). The van der Waals surface area contributed by atoms with Crippen molar-refractivity contribution in [2.45, 2.75) is 30.9 Å². The zero-order valence-electron chi connectivity index (χ0n) is 9.86. The van der Waals surface area contributed by atoms with E-state index in [1.807, 2.05) is 6.92 Å². The van der Waals surface area contributed by atoms with Crippen molar-refractivity contribution in [2.75, 3.05) is 5.75 Å². The molecule has 6 heteroatoms. The van der Waals surface area contributed by atoms with Crippen molar-refractivity contribution < 1.29 is 9.90 Å². The molecule has 94 valence electrons. The normalized spacial score (nSPS) is 24.2.